The number of halogens is 4. The highest BCUT2D eigenvalue weighted by Gasteiger charge is 2.34. The summed E-state index contributed by atoms with van der Waals surface area (Å²) in [6.07, 6.45) is -1.39. The van der Waals surface area contributed by atoms with E-state index in [-0.39, 0.29) is 43.6 Å². The quantitative estimate of drug-likeness (QED) is 0.473. The van der Waals surface area contributed by atoms with Gasteiger partial charge in [-0.15, -0.1) is 0 Å². The molecule has 0 N–H and O–H groups in total. The number of nitriles is 1. The molecule has 1 saturated heterocycles. The summed E-state index contributed by atoms with van der Waals surface area (Å²) in [5, 5.41) is 10.0. The van der Waals surface area contributed by atoms with E-state index < -0.39 is 26.7 Å². The summed E-state index contributed by atoms with van der Waals surface area (Å²) in [5.74, 6) is 0.373. The highest BCUT2D eigenvalue weighted by molar-refractivity contribution is 7.89. The SMILES string of the molecule is N#Cc1nc(/C=C/c2ccccc2Cl)oc1N1CCN(S(=O)(=O)c2cccc(C(F)(F)F)c2)CC1. The monoisotopic (exact) mass is 522 g/mol. The molecule has 0 aliphatic carbocycles. The molecule has 0 radical (unpaired) electrons. The Morgan fingerprint density at radius 3 is 2.43 bits per heavy atom. The van der Waals surface area contributed by atoms with Crippen molar-refractivity contribution in [2.24, 2.45) is 0 Å². The first-order chi connectivity index (χ1) is 16.6. The minimum absolute atomic E-state index is 0.00502. The Kier molecular flexibility index (Phi) is 6.89. The highest BCUT2D eigenvalue weighted by Crippen LogP contribution is 2.32. The second-order valence-corrected chi connectivity index (χ2v) is 9.93. The highest BCUT2D eigenvalue weighted by atomic mass is 35.5. The van der Waals surface area contributed by atoms with Gasteiger partial charge in [0.2, 0.25) is 27.5 Å². The van der Waals surface area contributed by atoms with Crippen LogP contribution in [0.1, 0.15) is 22.7 Å². The molecule has 0 saturated carbocycles. The van der Waals surface area contributed by atoms with Gasteiger partial charge in [-0.1, -0.05) is 35.9 Å². The topological polar surface area (TPSA) is 90.4 Å². The first-order valence-electron chi connectivity index (χ1n) is 10.4. The maximum Gasteiger partial charge on any atom is 0.416 e. The van der Waals surface area contributed by atoms with E-state index in [1.807, 2.05) is 12.1 Å². The molecule has 35 heavy (non-hydrogen) atoms. The van der Waals surface area contributed by atoms with Crippen LogP contribution in [0.5, 0.6) is 0 Å². The van der Waals surface area contributed by atoms with Crippen LogP contribution < -0.4 is 4.90 Å². The lowest BCUT2D eigenvalue weighted by Crippen LogP contribution is -2.48. The van der Waals surface area contributed by atoms with E-state index in [0.29, 0.717) is 11.1 Å². The van der Waals surface area contributed by atoms with Crippen molar-refractivity contribution < 1.29 is 26.0 Å². The van der Waals surface area contributed by atoms with Crippen LogP contribution in [0.25, 0.3) is 12.2 Å². The average Bonchev–Trinajstić information content (AvgIpc) is 3.26. The number of anilines is 1. The van der Waals surface area contributed by atoms with E-state index in [1.54, 1.807) is 35.3 Å². The van der Waals surface area contributed by atoms with E-state index in [0.717, 1.165) is 28.1 Å². The van der Waals surface area contributed by atoms with Crippen LogP contribution in [-0.2, 0) is 16.2 Å². The Morgan fingerprint density at radius 1 is 1.06 bits per heavy atom. The standard InChI is InChI=1S/C23H18ClF3N4O3S/c24-19-7-2-1-4-16(19)8-9-21-29-20(15-28)22(34-21)30-10-12-31(13-11-30)35(32,33)18-6-3-5-17(14-18)23(25,26)27/h1-9,14H,10-13H2/b9-8+. The Bertz CT molecular complexity index is 1410. The fourth-order valence-electron chi connectivity index (χ4n) is 3.57. The number of alkyl halides is 3. The number of benzene rings is 2. The molecule has 0 amide bonds. The molecule has 1 fully saturated rings. The third kappa shape index (κ3) is 5.35. The first kappa shape index (κ1) is 24.8. The van der Waals surface area contributed by atoms with Gasteiger partial charge in [-0.25, -0.2) is 8.42 Å². The van der Waals surface area contributed by atoms with E-state index >= 15 is 0 Å². The van der Waals surface area contributed by atoms with Gasteiger partial charge in [0.15, 0.2) is 0 Å². The van der Waals surface area contributed by atoms with Gasteiger partial charge in [-0.05, 0) is 35.9 Å². The molecule has 1 aromatic heterocycles. The maximum atomic E-state index is 13.0. The average molecular weight is 523 g/mol. The summed E-state index contributed by atoms with van der Waals surface area (Å²) in [6.45, 7) is 0.315. The van der Waals surface area contributed by atoms with Crippen molar-refractivity contribution >= 4 is 39.7 Å². The number of piperazine rings is 1. The van der Waals surface area contributed by atoms with E-state index in [4.69, 9.17) is 16.0 Å². The molecule has 0 atom stereocenters. The summed E-state index contributed by atoms with van der Waals surface area (Å²) in [7, 11) is -4.13. The lowest BCUT2D eigenvalue weighted by atomic mass is 10.2. The Labute approximate surface area is 204 Å². The zero-order valence-corrected chi connectivity index (χ0v) is 19.6. The molecule has 2 heterocycles. The number of hydrogen-bond donors (Lipinski definition) is 0. The summed E-state index contributed by atoms with van der Waals surface area (Å²) < 4.78 is 71.7. The minimum Gasteiger partial charge on any atom is -0.420 e. The van der Waals surface area contributed by atoms with Gasteiger partial charge < -0.3 is 9.32 Å². The second-order valence-electron chi connectivity index (χ2n) is 7.59. The maximum absolute atomic E-state index is 13.0. The third-order valence-electron chi connectivity index (χ3n) is 5.37. The molecule has 0 bridgehead atoms. The molecule has 4 rings (SSSR count). The van der Waals surface area contributed by atoms with Crippen molar-refractivity contribution in [3.8, 4) is 6.07 Å². The molecule has 7 nitrogen and oxygen atoms in total. The van der Waals surface area contributed by atoms with Gasteiger partial charge >= 0.3 is 6.18 Å². The molecule has 3 aromatic rings. The summed E-state index contributed by atoms with van der Waals surface area (Å²) in [4.78, 5) is 5.41. The van der Waals surface area contributed by atoms with Crippen LogP contribution in [0.4, 0.5) is 19.1 Å². The third-order valence-corrected chi connectivity index (χ3v) is 7.61. The zero-order valence-electron chi connectivity index (χ0n) is 18.0. The van der Waals surface area contributed by atoms with Crippen molar-refractivity contribution in [3.63, 3.8) is 0 Å². The van der Waals surface area contributed by atoms with Gasteiger partial charge in [0.25, 0.3) is 0 Å². The smallest absolute Gasteiger partial charge is 0.416 e. The zero-order chi connectivity index (χ0) is 25.2. The number of oxazole rings is 1. The van der Waals surface area contributed by atoms with E-state index in [9.17, 15) is 26.9 Å². The number of rotatable bonds is 5. The number of aromatic nitrogens is 1. The Hall–Kier alpha value is -3.33. The van der Waals surface area contributed by atoms with Crippen molar-refractivity contribution in [2.75, 3.05) is 31.1 Å². The van der Waals surface area contributed by atoms with Gasteiger partial charge in [-0.3, -0.25) is 0 Å². The summed E-state index contributed by atoms with van der Waals surface area (Å²) >= 11 is 6.13. The van der Waals surface area contributed by atoms with Gasteiger partial charge in [0.1, 0.15) is 6.07 Å². The van der Waals surface area contributed by atoms with Crippen LogP contribution in [0.3, 0.4) is 0 Å². The Balaban J connectivity index is 1.49. The molecule has 1 aliphatic rings. The van der Waals surface area contributed by atoms with Crippen molar-refractivity contribution in [3.05, 3.63) is 76.3 Å². The predicted octanol–water partition coefficient (Wildman–Crippen LogP) is 4.90. The molecular weight excluding hydrogens is 505 g/mol. The fraction of sp³-hybridized carbons (Fsp3) is 0.217. The molecule has 182 valence electrons. The largest absolute Gasteiger partial charge is 0.420 e. The van der Waals surface area contributed by atoms with Crippen LogP contribution in [0, 0.1) is 11.3 Å². The van der Waals surface area contributed by atoms with Gasteiger partial charge in [0.05, 0.1) is 10.5 Å². The van der Waals surface area contributed by atoms with Gasteiger partial charge in [-0.2, -0.15) is 27.7 Å². The predicted molar refractivity (Wildman–Crippen MR) is 124 cm³/mol. The van der Waals surface area contributed by atoms with Gasteiger partial charge in [0, 0.05) is 37.3 Å². The molecular formula is C23H18ClF3N4O3S. The van der Waals surface area contributed by atoms with Crippen molar-refractivity contribution in [2.45, 2.75) is 11.1 Å². The summed E-state index contributed by atoms with van der Waals surface area (Å²) in [5.41, 5.74) is -0.256. The van der Waals surface area contributed by atoms with E-state index in [1.165, 1.54) is 0 Å². The van der Waals surface area contributed by atoms with Crippen molar-refractivity contribution in [1.82, 2.24) is 9.29 Å². The summed E-state index contributed by atoms with van der Waals surface area (Å²) in [6, 6.07) is 12.8. The number of hydrogen-bond acceptors (Lipinski definition) is 6. The fourth-order valence-corrected chi connectivity index (χ4v) is 5.24. The van der Waals surface area contributed by atoms with E-state index in [2.05, 4.69) is 4.98 Å². The van der Waals surface area contributed by atoms with Crippen LogP contribution in [-0.4, -0.2) is 43.9 Å². The Morgan fingerprint density at radius 2 is 1.77 bits per heavy atom. The molecule has 1 aliphatic heterocycles. The molecule has 2 aromatic carbocycles. The lowest BCUT2D eigenvalue weighted by Gasteiger charge is -2.33. The van der Waals surface area contributed by atoms with Crippen LogP contribution in [0.2, 0.25) is 5.02 Å². The van der Waals surface area contributed by atoms with Crippen LogP contribution >= 0.6 is 11.6 Å². The number of sulfonamides is 1. The molecule has 12 heteroatoms. The second kappa shape index (κ2) is 9.73. The number of nitrogens with zero attached hydrogens (tertiary/aromatic N) is 4. The normalized spacial score (nSPS) is 15.5. The lowest BCUT2D eigenvalue weighted by molar-refractivity contribution is -0.137. The first-order valence-corrected chi connectivity index (χ1v) is 12.2. The minimum atomic E-state index is -4.65. The van der Waals surface area contributed by atoms with Crippen molar-refractivity contribution in [1.29, 1.82) is 5.26 Å². The molecule has 0 unspecified atom stereocenters. The molecule has 0 spiro atoms. The van der Waals surface area contributed by atoms with Crippen LogP contribution in [0.15, 0.2) is 57.8 Å².